The third-order valence-electron chi connectivity index (χ3n) is 4.83. The lowest BCUT2D eigenvalue weighted by atomic mass is 10.2. The highest BCUT2D eigenvalue weighted by Crippen LogP contribution is 2.32. The molecular weight excluding hydrogens is 362 g/mol. The fraction of sp³-hybridized carbons (Fsp3) is 0.250. The molecule has 144 valence electrons. The Bertz CT molecular complexity index is 918. The second kappa shape index (κ2) is 7.59. The summed E-state index contributed by atoms with van der Waals surface area (Å²) in [4.78, 5) is 26.7. The van der Waals surface area contributed by atoms with E-state index in [1.165, 1.54) is 12.1 Å². The Balaban J connectivity index is 1.33. The van der Waals surface area contributed by atoms with Gasteiger partial charge in [0.15, 0.2) is 11.5 Å². The van der Waals surface area contributed by atoms with Crippen LogP contribution in [0.5, 0.6) is 11.5 Å². The van der Waals surface area contributed by atoms with Crippen molar-refractivity contribution in [2.75, 3.05) is 37.9 Å². The van der Waals surface area contributed by atoms with Gasteiger partial charge in [0.25, 0.3) is 5.69 Å². The van der Waals surface area contributed by atoms with E-state index in [1.807, 2.05) is 18.2 Å². The molecule has 0 spiro atoms. The van der Waals surface area contributed by atoms with Gasteiger partial charge in [0.1, 0.15) is 0 Å². The zero-order chi connectivity index (χ0) is 19.5. The number of fused-ring (bicyclic) bond motifs is 1. The first kappa shape index (κ1) is 17.8. The second-order valence-electron chi connectivity index (χ2n) is 6.53. The van der Waals surface area contributed by atoms with Crippen LogP contribution in [0.2, 0.25) is 0 Å². The van der Waals surface area contributed by atoms with Crippen LogP contribution in [-0.2, 0) is 4.79 Å². The van der Waals surface area contributed by atoms with Gasteiger partial charge >= 0.3 is 0 Å². The number of nitro groups is 1. The molecule has 1 amide bonds. The standard InChI is InChI=1S/C20H19N3O5/c24-20(8-2-15-1-7-18-19(13-15)28-14-27-18)22-11-9-21(10-12-22)16-3-5-17(6-4-16)23(25)26/h1-8,13H,9-12,14H2. The molecule has 2 aromatic carbocycles. The Hall–Kier alpha value is -3.55. The summed E-state index contributed by atoms with van der Waals surface area (Å²) < 4.78 is 10.6. The number of benzene rings is 2. The molecule has 2 aliphatic rings. The first-order valence-corrected chi connectivity index (χ1v) is 8.96. The summed E-state index contributed by atoms with van der Waals surface area (Å²) >= 11 is 0. The molecule has 0 aromatic heterocycles. The van der Waals surface area contributed by atoms with Gasteiger partial charge in [-0.15, -0.1) is 0 Å². The summed E-state index contributed by atoms with van der Waals surface area (Å²) in [7, 11) is 0. The zero-order valence-electron chi connectivity index (χ0n) is 15.1. The Morgan fingerprint density at radius 2 is 1.71 bits per heavy atom. The summed E-state index contributed by atoms with van der Waals surface area (Å²) in [6.45, 7) is 2.78. The number of amides is 1. The summed E-state index contributed by atoms with van der Waals surface area (Å²) in [6, 6.07) is 12.0. The van der Waals surface area contributed by atoms with Gasteiger partial charge in [0, 0.05) is 50.1 Å². The molecule has 2 heterocycles. The SMILES string of the molecule is O=C(C=Cc1ccc2c(c1)OCO2)N1CCN(c2ccc([N+](=O)[O-])cc2)CC1. The van der Waals surface area contributed by atoms with E-state index < -0.39 is 4.92 Å². The van der Waals surface area contributed by atoms with Crippen molar-refractivity contribution in [1.29, 1.82) is 0 Å². The summed E-state index contributed by atoms with van der Waals surface area (Å²) in [5, 5.41) is 10.8. The van der Waals surface area contributed by atoms with Crippen molar-refractivity contribution in [3.05, 3.63) is 64.2 Å². The van der Waals surface area contributed by atoms with E-state index in [-0.39, 0.29) is 18.4 Å². The number of hydrogen-bond acceptors (Lipinski definition) is 6. The quantitative estimate of drug-likeness (QED) is 0.460. The predicted molar refractivity (Wildman–Crippen MR) is 103 cm³/mol. The monoisotopic (exact) mass is 381 g/mol. The molecule has 0 unspecified atom stereocenters. The highest BCUT2D eigenvalue weighted by atomic mass is 16.7. The second-order valence-corrected chi connectivity index (χ2v) is 6.53. The fourth-order valence-corrected chi connectivity index (χ4v) is 3.26. The number of nitrogens with zero attached hydrogens (tertiary/aromatic N) is 3. The molecule has 2 aromatic rings. The smallest absolute Gasteiger partial charge is 0.269 e. The molecule has 1 fully saturated rings. The van der Waals surface area contributed by atoms with Crippen LogP contribution >= 0.6 is 0 Å². The largest absolute Gasteiger partial charge is 0.454 e. The van der Waals surface area contributed by atoms with Crippen LogP contribution in [0.3, 0.4) is 0 Å². The van der Waals surface area contributed by atoms with Crippen molar-refractivity contribution in [2.24, 2.45) is 0 Å². The van der Waals surface area contributed by atoms with Crippen LogP contribution in [0.25, 0.3) is 6.08 Å². The van der Waals surface area contributed by atoms with Gasteiger partial charge in [0.2, 0.25) is 12.7 Å². The number of anilines is 1. The van der Waals surface area contributed by atoms with E-state index in [1.54, 1.807) is 29.2 Å². The van der Waals surface area contributed by atoms with Crippen LogP contribution < -0.4 is 14.4 Å². The maximum atomic E-state index is 12.5. The Labute approximate surface area is 161 Å². The van der Waals surface area contributed by atoms with Crippen molar-refractivity contribution in [1.82, 2.24) is 4.90 Å². The normalized spacial score (nSPS) is 15.9. The molecule has 8 nitrogen and oxygen atoms in total. The van der Waals surface area contributed by atoms with E-state index in [0.717, 1.165) is 11.3 Å². The van der Waals surface area contributed by atoms with Gasteiger partial charge in [-0.3, -0.25) is 14.9 Å². The molecule has 0 aliphatic carbocycles. The van der Waals surface area contributed by atoms with Gasteiger partial charge in [-0.1, -0.05) is 6.07 Å². The molecule has 0 N–H and O–H groups in total. The molecule has 0 saturated carbocycles. The van der Waals surface area contributed by atoms with Gasteiger partial charge in [-0.25, -0.2) is 0 Å². The summed E-state index contributed by atoms with van der Waals surface area (Å²) in [5.74, 6) is 1.36. The highest BCUT2D eigenvalue weighted by molar-refractivity contribution is 5.92. The minimum atomic E-state index is -0.410. The minimum absolute atomic E-state index is 0.0407. The van der Waals surface area contributed by atoms with Crippen LogP contribution in [0.15, 0.2) is 48.5 Å². The van der Waals surface area contributed by atoms with Crippen LogP contribution in [0.1, 0.15) is 5.56 Å². The average molecular weight is 381 g/mol. The lowest BCUT2D eigenvalue weighted by Crippen LogP contribution is -2.48. The molecular formula is C20H19N3O5. The van der Waals surface area contributed by atoms with Crippen LogP contribution in [0.4, 0.5) is 11.4 Å². The number of non-ortho nitro benzene ring substituents is 1. The molecule has 4 rings (SSSR count). The number of hydrogen-bond donors (Lipinski definition) is 0. The number of rotatable bonds is 4. The zero-order valence-corrected chi connectivity index (χ0v) is 15.1. The maximum Gasteiger partial charge on any atom is 0.269 e. The van der Waals surface area contributed by atoms with E-state index in [4.69, 9.17) is 9.47 Å². The van der Waals surface area contributed by atoms with Crippen LogP contribution in [0, 0.1) is 10.1 Å². The topological polar surface area (TPSA) is 85.2 Å². The molecule has 0 atom stereocenters. The van der Waals surface area contributed by atoms with Gasteiger partial charge in [-0.05, 0) is 35.9 Å². The van der Waals surface area contributed by atoms with Crippen molar-refractivity contribution >= 4 is 23.4 Å². The number of ether oxygens (including phenoxy) is 2. The van der Waals surface area contributed by atoms with E-state index in [2.05, 4.69) is 4.90 Å². The Morgan fingerprint density at radius 1 is 1.00 bits per heavy atom. The maximum absolute atomic E-state index is 12.5. The van der Waals surface area contributed by atoms with Gasteiger partial charge < -0.3 is 19.3 Å². The van der Waals surface area contributed by atoms with E-state index >= 15 is 0 Å². The van der Waals surface area contributed by atoms with Crippen molar-refractivity contribution < 1.29 is 19.2 Å². The molecule has 0 radical (unpaired) electrons. The number of piperazine rings is 1. The van der Waals surface area contributed by atoms with E-state index in [0.29, 0.717) is 37.7 Å². The Kier molecular flexibility index (Phi) is 4.84. The van der Waals surface area contributed by atoms with Crippen molar-refractivity contribution in [3.8, 4) is 11.5 Å². The molecule has 0 bridgehead atoms. The average Bonchev–Trinajstić information content (AvgIpc) is 3.20. The first-order valence-electron chi connectivity index (χ1n) is 8.96. The lowest BCUT2D eigenvalue weighted by Gasteiger charge is -2.35. The highest BCUT2D eigenvalue weighted by Gasteiger charge is 2.20. The third-order valence-corrected chi connectivity index (χ3v) is 4.83. The van der Waals surface area contributed by atoms with Gasteiger partial charge in [0.05, 0.1) is 4.92 Å². The summed E-state index contributed by atoms with van der Waals surface area (Å²) in [6.07, 6.45) is 3.34. The Morgan fingerprint density at radius 3 is 2.43 bits per heavy atom. The molecule has 2 aliphatic heterocycles. The predicted octanol–water partition coefficient (Wildman–Crippen LogP) is 2.69. The minimum Gasteiger partial charge on any atom is -0.454 e. The van der Waals surface area contributed by atoms with Crippen molar-refractivity contribution in [2.45, 2.75) is 0 Å². The summed E-state index contributed by atoms with van der Waals surface area (Å²) in [5.41, 5.74) is 1.88. The number of carbonyl (C=O) groups is 1. The first-order chi connectivity index (χ1) is 13.6. The lowest BCUT2D eigenvalue weighted by molar-refractivity contribution is -0.384. The van der Waals surface area contributed by atoms with Crippen LogP contribution in [-0.4, -0.2) is 48.7 Å². The molecule has 1 saturated heterocycles. The fourth-order valence-electron chi connectivity index (χ4n) is 3.26. The number of nitro benzene ring substituents is 1. The third kappa shape index (κ3) is 3.75. The van der Waals surface area contributed by atoms with E-state index in [9.17, 15) is 14.9 Å². The molecule has 28 heavy (non-hydrogen) atoms. The molecule has 8 heteroatoms. The van der Waals surface area contributed by atoms with Crippen molar-refractivity contribution in [3.63, 3.8) is 0 Å². The van der Waals surface area contributed by atoms with Gasteiger partial charge in [-0.2, -0.15) is 0 Å². The number of carbonyl (C=O) groups excluding carboxylic acids is 1.